The van der Waals surface area contributed by atoms with Crippen LogP contribution < -0.4 is 4.90 Å². The smallest absolute Gasteiger partial charge is 0.230 e. The molecule has 144 valence electrons. The van der Waals surface area contributed by atoms with Crippen molar-refractivity contribution < 1.29 is 4.79 Å². The number of H-pyrrole nitrogens is 1. The molecule has 0 bridgehead atoms. The van der Waals surface area contributed by atoms with Crippen molar-refractivity contribution in [3.63, 3.8) is 0 Å². The number of carbonyl (C=O) groups is 1. The van der Waals surface area contributed by atoms with Crippen molar-refractivity contribution in [2.45, 2.75) is 32.7 Å². The number of aromatic amines is 1. The number of anilines is 1. The van der Waals surface area contributed by atoms with Crippen LogP contribution in [0.1, 0.15) is 30.5 Å². The van der Waals surface area contributed by atoms with Gasteiger partial charge in [0.05, 0.1) is 5.41 Å². The standard InChI is InChI=1S/C22H25N5O/c1-16-7-10-23-21(25-16)27-12-9-22(15-27)8-4-11-26(20(22)28)14-17-13-24-19-6-3-2-5-18(17)19/h2-3,5-7,10,13,24H,4,8-9,11-12,14-15H2,1H3. The molecular formula is C22H25N5O. The minimum absolute atomic E-state index is 0.291. The van der Waals surface area contributed by atoms with Gasteiger partial charge < -0.3 is 14.8 Å². The number of piperidine rings is 1. The first-order chi connectivity index (χ1) is 13.6. The predicted octanol–water partition coefficient (Wildman–Crippen LogP) is 3.29. The van der Waals surface area contributed by atoms with Crippen LogP contribution in [0.3, 0.4) is 0 Å². The van der Waals surface area contributed by atoms with Crippen molar-refractivity contribution in [1.82, 2.24) is 19.9 Å². The second-order valence-corrected chi connectivity index (χ2v) is 8.14. The molecule has 0 saturated carbocycles. The molecule has 28 heavy (non-hydrogen) atoms. The number of likely N-dealkylation sites (tertiary alicyclic amines) is 1. The lowest BCUT2D eigenvalue weighted by Gasteiger charge is -2.39. The van der Waals surface area contributed by atoms with E-state index in [1.807, 2.05) is 25.3 Å². The van der Waals surface area contributed by atoms with E-state index in [1.165, 1.54) is 10.9 Å². The molecule has 1 unspecified atom stereocenters. The fraction of sp³-hybridized carbons (Fsp3) is 0.409. The van der Waals surface area contributed by atoms with Crippen LogP contribution in [0.5, 0.6) is 0 Å². The Labute approximate surface area is 164 Å². The quantitative estimate of drug-likeness (QED) is 0.763. The van der Waals surface area contributed by atoms with E-state index >= 15 is 0 Å². The molecule has 2 aromatic heterocycles. The van der Waals surface area contributed by atoms with Gasteiger partial charge in [-0.15, -0.1) is 0 Å². The molecule has 1 aromatic carbocycles. The Balaban J connectivity index is 1.36. The van der Waals surface area contributed by atoms with Crippen LogP contribution in [0.25, 0.3) is 10.9 Å². The highest BCUT2D eigenvalue weighted by atomic mass is 16.2. The fourth-order valence-corrected chi connectivity index (χ4v) is 4.78. The number of aryl methyl sites for hydroxylation is 1. The number of hydrogen-bond acceptors (Lipinski definition) is 4. The van der Waals surface area contributed by atoms with E-state index in [1.54, 1.807) is 6.20 Å². The van der Waals surface area contributed by atoms with E-state index < -0.39 is 0 Å². The number of benzene rings is 1. The average Bonchev–Trinajstić information content (AvgIpc) is 3.31. The summed E-state index contributed by atoms with van der Waals surface area (Å²) < 4.78 is 0. The van der Waals surface area contributed by atoms with Gasteiger partial charge in [-0.25, -0.2) is 9.97 Å². The maximum Gasteiger partial charge on any atom is 0.230 e. The summed E-state index contributed by atoms with van der Waals surface area (Å²) in [6.07, 6.45) is 6.73. The van der Waals surface area contributed by atoms with Gasteiger partial charge in [0.1, 0.15) is 0 Å². The summed E-state index contributed by atoms with van der Waals surface area (Å²) in [6, 6.07) is 10.2. The minimum Gasteiger partial charge on any atom is -0.361 e. The molecule has 2 aliphatic heterocycles. The summed E-state index contributed by atoms with van der Waals surface area (Å²) in [6.45, 7) is 5.05. The van der Waals surface area contributed by atoms with Gasteiger partial charge in [-0.2, -0.15) is 0 Å². The lowest BCUT2D eigenvalue weighted by molar-refractivity contribution is -0.145. The second kappa shape index (κ2) is 6.62. The predicted molar refractivity (Wildman–Crippen MR) is 109 cm³/mol. The molecule has 3 aromatic rings. The first kappa shape index (κ1) is 17.2. The summed E-state index contributed by atoms with van der Waals surface area (Å²) >= 11 is 0. The first-order valence-corrected chi connectivity index (χ1v) is 10.0. The molecule has 1 amide bonds. The Kier molecular flexibility index (Phi) is 4.07. The van der Waals surface area contributed by atoms with Gasteiger partial charge in [0.15, 0.2) is 0 Å². The Morgan fingerprint density at radius 2 is 2.07 bits per heavy atom. The molecule has 1 spiro atoms. The highest BCUT2D eigenvalue weighted by molar-refractivity contribution is 5.87. The number of fused-ring (bicyclic) bond motifs is 1. The van der Waals surface area contributed by atoms with Crippen LogP contribution in [0.4, 0.5) is 5.95 Å². The van der Waals surface area contributed by atoms with Gasteiger partial charge in [0.2, 0.25) is 11.9 Å². The molecule has 1 N–H and O–H groups in total. The normalized spacial score (nSPS) is 22.5. The average molecular weight is 375 g/mol. The van der Waals surface area contributed by atoms with E-state index in [2.05, 4.69) is 43.0 Å². The molecule has 4 heterocycles. The number of nitrogens with zero attached hydrogens (tertiary/aromatic N) is 4. The molecular weight excluding hydrogens is 350 g/mol. The molecule has 5 rings (SSSR count). The van der Waals surface area contributed by atoms with Crippen molar-refractivity contribution in [1.29, 1.82) is 0 Å². The van der Waals surface area contributed by atoms with Gasteiger partial charge >= 0.3 is 0 Å². The largest absolute Gasteiger partial charge is 0.361 e. The molecule has 6 nitrogen and oxygen atoms in total. The Hall–Kier alpha value is -2.89. The van der Waals surface area contributed by atoms with E-state index in [0.29, 0.717) is 12.5 Å². The summed E-state index contributed by atoms with van der Waals surface area (Å²) in [5.74, 6) is 1.04. The minimum atomic E-state index is -0.294. The molecule has 1 atom stereocenters. The monoisotopic (exact) mass is 375 g/mol. The van der Waals surface area contributed by atoms with Crippen molar-refractivity contribution in [2.75, 3.05) is 24.5 Å². The third kappa shape index (κ3) is 2.84. The number of aromatic nitrogens is 3. The zero-order valence-corrected chi connectivity index (χ0v) is 16.2. The highest BCUT2D eigenvalue weighted by Gasteiger charge is 2.48. The molecule has 0 radical (unpaired) electrons. The zero-order chi connectivity index (χ0) is 19.1. The van der Waals surface area contributed by atoms with Gasteiger partial charge in [-0.05, 0) is 43.9 Å². The van der Waals surface area contributed by atoms with Crippen LogP contribution in [0, 0.1) is 12.3 Å². The topological polar surface area (TPSA) is 65.1 Å². The van der Waals surface area contributed by atoms with Gasteiger partial charge in [-0.3, -0.25) is 4.79 Å². The van der Waals surface area contributed by atoms with E-state index in [4.69, 9.17) is 0 Å². The maximum absolute atomic E-state index is 13.5. The van der Waals surface area contributed by atoms with Crippen molar-refractivity contribution in [3.8, 4) is 0 Å². The van der Waals surface area contributed by atoms with Crippen molar-refractivity contribution >= 4 is 22.8 Å². The van der Waals surface area contributed by atoms with Gasteiger partial charge in [0, 0.05) is 55.2 Å². The number of carbonyl (C=O) groups excluding carboxylic acids is 1. The Morgan fingerprint density at radius 3 is 2.96 bits per heavy atom. The van der Waals surface area contributed by atoms with E-state index in [0.717, 1.165) is 56.1 Å². The number of hydrogen-bond donors (Lipinski definition) is 1. The van der Waals surface area contributed by atoms with Crippen LogP contribution in [-0.4, -0.2) is 45.4 Å². The van der Waals surface area contributed by atoms with Crippen molar-refractivity contribution in [3.05, 3.63) is 54.0 Å². The van der Waals surface area contributed by atoms with E-state index in [-0.39, 0.29) is 5.41 Å². The van der Waals surface area contributed by atoms with Crippen LogP contribution >= 0.6 is 0 Å². The summed E-state index contributed by atoms with van der Waals surface area (Å²) in [4.78, 5) is 30.0. The van der Waals surface area contributed by atoms with Gasteiger partial charge in [-0.1, -0.05) is 18.2 Å². The lowest BCUT2D eigenvalue weighted by Crippen LogP contribution is -2.49. The Morgan fingerprint density at radius 1 is 1.18 bits per heavy atom. The summed E-state index contributed by atoms with van der Waals surface area (Å²) in [5, 5.41) is 1.20. The van der Waals surface area contributed by atoms with Gasteiger partial charge in [0.25, 0.3) is 0 Å². The second-order valence-electron chi connectivity index (χ2n) is 8.14. The zero-order valence-electron chi connectivity index (χ0n) is 16.2. The van der Waals surface area contributed by atoms with Crippen LogP contribution in [-0.2, 0) is 11.3 Å². The summed E-state index contributed by atoms with van der Waals surface area (Å²) in [7, 11) is 0. The molecule has 0 aliphatic carbocycles. The molecule has 2 fully saturated rings. The highest BCUT2D eigenvalue weighted by Crippen LogP contribution is 2.41. The number of rotatable bonds is 3. The van der Waals surface area contributed by atoms with E-state index in [9.17, 15) is 4.79 Å². The third-order valence-electron chi connectivity index (χ3n) is 6.28. The lowest BCUT2D eigenvalue weighted by atomic mass is 9.78. The SMILES string of the molecule is Cc1ccnc(N2CCC3(CCCN(Cc4c[nH]c5ccccc45)C3=O)C2)n1. The number of para-hydroxylation sites is 1. The summed E-state index contributed by atoms with van der Waals surface area (Å²) in [5.41, 5.74) is 2.98. The third-order valence-corrected chi connectivity index (χ3v) is 6.28. The molecule has 2 aliphatic rings. The molecule has 6 heteroatoms. The van der Waals surface area contributed by atoms with Crippen LogP contribution in [0.2, 0.25) is 0 Å². The van der Waals surface area contributed by atoms with Crippen molar-refractivity contribution in [2.24, 2.45) is 5.41 Å². The van der Waals surface area contributed by atoms with Crippen LogP contribution in [0.15, 0.2) is 42.7 Å². The maximum atomic E-state index is 13.5. The number of amides is 1. The molecule has 2 saturated heterocycles. The Bertz CT molecular complexity index is 1030. The first-order valence-electron chi connectivity index (χ1n) is 10.0. The fourth-order valence-electron chi connectivity index (χ4n) is 4.78. The number of nitrogens with one attached hydrogen (secondary N) is 1.